The largest absolute Gasteiger partial charge is 0.422 e. The Kier molecular flexibility index (Phi) is 11.7. The van der Waals surface area contributed by atoms with Crippen molar-refractivity contribution in [2.24, 2.45) is 0 Å². The van der Waals surface area contributed by atoms with Gasteiger partial charge in [0.25, 0.3) is 5.91 Å². The number of aliphatic hydroxyl groups is 1. The number of halogens is 2. The fraction of sp³-hybridized carbons (Fsp3) is 0.514. The molecule has 0 saturated carbocycles. The molecule has 0 radical (unpaired) electrons. The molecule has 2 aromatic carbocycles. The fourth-order valence-corrected chi connectivity index (χ4v) is 7.62. The van der Waals surface area contributed by atoms with Gasteiger partial charge in [0.15, 0.2) is 17.1 Å². The fourth-order valence-electron chi connectivity index (χ4n) is 7.31. The number of nitrogens with zero attached hydrogens (tertiary/aromatic N) is 5. The summed E-state index contributed by atoms with van der Waals surface area (Å²) in [4.78, 5) is 86.6. The van der Waals surface area contributed by atoms with Crippen molar-refractivity contribution >= 4 is 59.0 Å². The molecule has 2 saturated heterocycles. The van der Waals surface area contributed by atoms with Crippen LogP contribution in [0.25, 0.3) is 0 Å². The zero-order chi connectivity index (χ0) is 38.9. The number of likely N-dealkylation sites (tertiary alicyclic amines) is 1. The smallest absolute Gasteiger partial charge is 0.345 e. The lowest BCUT2D eigenvalue weighted by Crippen LogP contribution is -2.57. The Morgan fingerprint density at radius 3 is 2.30 bits per heavy atom. The molecule has 4 aliphatic heterocycles. The van der Waals surface area contributed by atoms with Crippen LogP contribution in [0.3, 0.4) is 0 Å². The van der Waals surface area contributed by atoms with Crippen LogP contribution in [-0.4, -0.2) is 144 Å². The molecular formula is C37H43Cl2N5O10. The first-order valence-electron chi connectivity index (χ1n) is 17.8. The van der Waals surface area contributed by atoms with E-state index in [0.717, 1.165) is 37.9 Å². The van der Waals surface area contributed by atoms with E-state index in [-0.39, 0.29) is 48.3 Å². The first kappa shape index (κ1) is 39.3. The Morgan fingerprint density at radius 2 is 1.61 bits per heavy atom. The van der Waals surface area contributed by atoms with E-state index in [0.29, 0.717) is 36.1 Å². The minimum atomic E-state index is -2.48. The molecule has 2 fully saturated rings. The summed E-state index contributed by atoms with van der Waals surface area (Å²) >= 11 is 12.7. The van der Waals surface area contributed by atoms with Crippen molar-refractivity contribution in [2.75, 3.05) is 67.0 Å². The minimum Gasteiger partial charge on any atom is -0.422 e. The molecule has 0 spiro atoms. The van der Waals surface area contributed by atoms with Gasteiger partial charge in [0.1, 0.15) is 6.54 Å². The molecule has 4 heterocycles. The highest BCUT2D eigenvalue weighted by Gasteiger charge is 2.48. The number of rotatable bonds is 10. The van der Waals surface area contributed by atoms with Gasteiger partial charge < -0.3 is 43.8 Å². The van der Waals surface area contributed by atoms with Crippen LogP contribution in [0.2, 0.25) is 10.0 Å². The summed E-state index contributed by atoms with van der Waals surface area (Å²) < 4.78 is 16.1. The van der Waals surface area contributed by atoms with Crippen LogP contribution >= 0.6 is 23.2 Å². The first-order chi connectivity index (χ1) is 25.6. The Labute approximate surface area is 322 Å². The molecule has 0 aliphatic carbocycles. The van der Waals surface area contributed by atoms with Crippen molar-refractivity contribution < 1.29 is 48.1 Å². The maximum atomic E-state index is 14.1. The number of urea groups is 1. The number of hydrogen-bond donors (Lipinski definition) is 1. The highest BCUT2D eigenvalue weighted by Crippen LogP contribution is 2.45. The molecule has 2 bridgehead atoms. The second kappa shape index (κ2) is 16.1. The number of hydrogen-bond acceptors (Lipinski definition) is 11. The third-order valence-corrected chi connectivity index (χ3v) is 11.1. The number of fused-ring (bicyclic) bond motifs is 2. The molecule has 0 aromatic heterocycles. The van der Waals surface area contributed by atoms with Crippen LogP contribution in [-0.2, 0) is 19.2 Å². The Hall–Kier alpha value is -4.44. The maximum Gasteiger partial charge on any atom is 0.345 e. The van der Waals surface area contributed by atoms with Crippen molar-refractivity contribution in [3.8, 4) is 17.2 Å². The van der Waals surface area contributed by atoms with E-state index >= 15 is 0 Å². The lowest BCUT2D eigenvalue weighted by atomic mass is 9.93. The number of piperidine rings is 1. The highest BCUT2D eigenvalue weighted by molar-refractivity contribution is 6.42. The standard InChI is InChI=1S/C37H43Cl2N5O10/c1-40(2)29(45)21-43-12-4-13-44(36(43)50)24-10-15-42(16-11-24)14-9-23(22-5-7-26(38)27(39)17-22)20-41(3)34(48)25-6-8-28-33-32(25)53-31(47)19-37(51,35(49)54-33)18-30(46)52-28/h5-8,17,23-24,51H,4,9-16,18-21H2,1-3H3/t23-,37?/m1/s1. The summed E-state index contributed by atoms with van der Waals surface area (Å²) in [7, 11) is 4.95. The van der Waals surface area contributed by atoms with Gasteiger partial charge in [-0.05, 0) is 62.1 Å². The zero-order valence-electron chi connectivity index (χ0n) is 30.3. The van der Waals surface area contributed by atoms with Gasteiger partial charge in [-0.2, -0.15) is 0 Å². The zero-order valence-corrected chi connectivity index (χ0v) is 31.9. The predicted octanol–water partition coefficient (Wildman–Crippen LogP) is 3.17. The van der Waals surface area contributed by atoms with E-state index in [1.165, 1.54) is 21.9 Å². The molecule has 2 aromatic rings. The van der Waals surface area contributed by atoms with Crippen molar-refractivity contribution in [1.82, 2.24) is 24.5 Å². The highest BCUT2D eigenvalue weighted by atomic mass is 35.5. The Balaban J connectivity index is 1.15. The number of likely N-dealkylation sites (N-methyl/N-ethyl adjacent to an activating group) is 2. The SMILES string of the molecule is CN(C)C(=O)CN1CCCN(C2CCN(CC[C@H](CN(C)C(=O)c3ccc4c5c3OC(=O)CC(O)(CC(=O)O4)C(=O)O5)c3ccc(Cl)c(Cl)c3)CC2)C1=O. The molecule has 54 heavy (non-hydrogen) atoms. The van der Waals surface area contributed by atoms with Crippen LogP contribution in [0.15, 0.2) is 30.3 Å². The lowest BCUT2D eigenvalue weighted by Gasteiger charge is -2.43. The number of esters is 3. The van der Waals surface area contributed by atoms with E-state index in [1.807, 2.05) is 11.0 Å². The molecule has 4 aliphatic rings. The first-order valence-corrected chi connectivity index (χ1v) is 18.6. The minimum absolute atomic E-state index is 0.0698. The van der Waals surface area contributed by atoms with Crippen LogP contribution in [0, 0.1) is 0 Å². The van der Waals surface area contributed by atoms with Crippen molar-refractivity contribution in [2.45, 2.75) is 56.1 Å². The molecule has 290 valence electrons. The number of amides is 4. The average molecular weight is 789 g/mol. The molecule has 1 unspecified atom stereocenters. The molecular weight excluding hydrogens is 745 g/mol. The van der Waals surface area contributed by atoms with Gasteiger partial charge in [-0.1, -0.05) is 29.3 Å². The summed E-state index contributed by atoms with van der Waals surface area (Å²) in [5.74, 6) is -5.21. The van der Waals surface area contributed by atoms with Crippen LogP contribution in [0.4, 0.5) is 4.79 Å². The maximum absolute atomic E-state index is 14.1. The summed E-state index contributed by atoms with van der Waals surface area (Å²) in [5.41, 5.74) is -1.75. The van der Waals surface area contributed by atoms with Crippen LogP contribution < -0.4 is 14.2 Å². The van der Waals surface area contributed by atoms with E-state index in [2.05, 4.69) is 4.90 Å². The van der Waals surface area contributed by atoms with Gasteiger partial charge in [0.05, 0.1) is 28.5 Å². The number of benzene rings is 2. The molecule has 17 heteroatoms. The van der Waals surface area contributed by atoms with E-state index in [4.69, 9.17) is 37.4 Å². The lowest BCUT2D eigenvalue weighted by molar-refractivity contribution is -0.170. The molecule has 15 nitrogen and oxygen atoms in total. The summed E-state index contributed by atoms with van der Waals surface area (Å²) in [6, 6.07) is 7.90. The van der Waals surface area contributed by atoms with Gasteiger partial charge in [-0.15, -0.1) is 0 Å². The van der Waals surface area contributed by atoms with Gasteiger partial charge in [-0.3, -0.25) is 19.2 Å². The second-order valence-electron chi connectivity index (χ2n) is 14.4. The molecule has 1 N–H and O–H groups in total. The van der Waals surface area contributed by atoms with Gasteiger partial charge in [0, 0.05) is 65.8 Å². The number of ether oxygens (including phenoxy) is 3. The molecule has 2 atom stereocenters. The summed E-state index contributed by atoms with van der Waals surface area (Å²) in [6.45, 7) is 3.70. The van der Waals surface area contributed by atoms with E-state index < -0.39 is 53.8 Å². The van der Waals surface area contributed by atoms with Crippen LogP contribution in [0.1, 0.15) is 60.4 Å². The second-order valence-corrected chi connectivity index (χ2v) is 15.3. The molecule has 6 rings (SSSR count). The summed E-state index contributed by atoms with van der Waals surface area (Å²) in [5, 5.41) is 11.5. The van der Waals surface area contributed by atoms with Crippen molar-refractivity contribution in [3.63, 3.8) is 0 Å². The number of carbonyl (C=O) groups is 6. The van der Waals surface area contributed by atoms with Crippen molar-refractivity contribution in [1.29, 1.82) is 0 Å². The van der Waals surface area contributed by atoms with Crippen molar-refractivity contribution in [3.05, 3.63) is 51.5 Å². The van der Waals surface area contributed by atoms with Crippen LogP contribution in [0.5, 0.6) is 17.2 Å². The predicted molar refractivity (Wildman–Crippen MR) is 195 cm³/mol. The quantitative estimate of drug-likeness (QED) is 0.278. The average Bonchev–Trinajstić information content (AvgIpc) is 3.12. The third kappa shape index (κ3) is 8.43. The number of carbonyl (C=O) groups excluding carboxylic acids is 6. The van der Waals surface area contributed by atoms with E-state index in [9.17, 15) is 33.9 Å². The third-order valence-electron chi connectivity index (χ3n) is 10.4. The molecule has 4 amide bonds. The normalized spacial score (nSPS) is 21.3. The van der Waals surface area contributed by atoms with Gasteiger partial charge in [0.2, 0.25) is 11.7 Å². The summed E-state index contributed by atoms with van der Waals surface area (Å²) in [6.07, 6.45) is 1.31. The van der Waals surface area contributed by atoms with Gasteiger partial charge >= 0.3 is 23.9 Å². The topological polar surface area (TPSA) is 167 Å². The van der Waals surface area contributed by atoms with Gasteiger partial charge in [-0.25, -0.2) is 9.59 Å². The Morgan fingerprint density at radius 1 is 0.907 bits per heavy atom. The van der Waals surface area contributed by atoms with E-state index in [1.54, 1.807) is 38.2 Å². The Bertz CT molecular complexity index is 1850. The monoisotopic (exact) mass is 787 g/mol.